The number of nitrogens with one attached hydrogen (secondary N) is 1. The maximum Gasteiger partial charge on any atom is 0.272 e. The number of benzene rings is 1. The molecule has 2 aromatic rings. The lowest BCUT2D eigenvalue weighted by atomic mass is 9.95. The third-order valence-electron chi connectivity index (χ3n) is 3.90. The number of aromatic nitrogens is 2. The van der Waals surface area contributed by atoms with Gasteiger partial charge in [0.2, 0.25) is 0 Å². The lowest BCUT2D eigenvalue weighted by Crippen LogP contribution is -2.30. The Morgan fingerprint density at radius 2 is 1.96 bits per heavy atom. The summed E-state index contributed by atoms with van der Waals surface area (Å²) < 4.78 is 2.94. The minimum Gasteiger partial charge on any atom is -0.349 e. The van der Waals surface area contributed by atoms with Crippen LogP contribution in [0.5, 0.6) is 0 Å². The van der Waals surface area contributed by atoms with Gasteiger partial charge in [-0.1, -0.05) is 15.9 Å². The van der Waals surface area contributed by atoms with Crippen molar-refractivity contribution in [3.8, 4) is 5.69 Å². The van der Waals surface area contributed by atoms with E-state index in [1.807, 2.05) is 28.9 Å². The van der Waals surface area contributed by atoms with Gasteiger partial charge in [0.1, 0.15) is 0 Å². The first-order valence-corrected chi connectivity index (χ1v) is 8.35. The topological polar surface area (TPSA) is 72.9 Å². The van der Waals surface area contributed by atoms with E-state index in [-0.39, 0.29) is 18.3 Å². The number of nitrogens with two attached hydrogens (primary N) is 1. The zero-order valence-electron chi connectivity index (χ0n) is 12.7. The monoisotopic (exact) mass is 398 g/mol. The Labute approximate surface area is 150 Å². The van der Waals surface area contributed by atoms with Gasteiger partial charge in [-0.25, -0.2) is 4.68 Å². The first-order valence-electron chi connectivity index (χ1n) is 7.55. The molecular formula is C16H20BrClN4O. The summed E-state index contributed by atoms with van der Waals surface area (Å²) in [5, 5.41) is 7.42. The molecule has 1 aromatic heterocycles. The highest BCUT2D eigenvalue weighted by Crippen LogP contribution is 2.27. The van der Waals surface area contributed by atoms with Crippen molar-refractivity contribution in [3.63, 3.8) is 0 Å². The Balaban J connectivity index is 0.00000192. The Bertz CT molecular complexity index is 684. The highest BCUT2D eigenvalue weighted by Gasteiger charge is 2.25. The third-order valence-corrected chi connectivity index (χ3v) is 4.43. The molecule has 3 rings (SSSR count). The number of carbonyl (C=O) groups is 1. The molecule has 1 aliphatic carbocycles. The van der Waals surface area contributed by atoms with E-state index in [9.17, 15) is 4.79 Å². The van der Waals surface area contributed by atoms with Gasteiger partial charge >= 0.3 is 0 Å². The van der Waals surface area contributed by atoms with Crippen LogP contribution in [0.25, 0.3) is 5.69 Å². The van der Waals surface area contributed by atoms with Gasteiger partial charge < -0.3 is 11.1 Å². The minimum atomic E-state index is -0.125. The predicted octanol–water partition coefficient (Wildman–Crippen LogP) is 2.62. The second-order valence-corrected chi connectivity index (χ2v) is 6.33. The fraction of sp³-hybridized carbons (Fsp3) is 0.375. The third kappa shape index (κ3) is 3.76. The quantitative estimate of drug-likeness (QED) is 0.830. The van der Waals surface area contributed by atoms with E-state index in [4.69, 9.17) is 5.73 Å². The molecule has 0 bridgehead atoms. The van der Waals surface area contributed by atoms with Gasteiger partial charge in [0.05, 0.1) is 5.69 Å². The Hall–Kier alpha value is -1.37. The number of amides is 1. The molecule has 7 heteroatoms. The zero-order chi connectivity index (χ0) is 15.5. The lowest BCUT2D eigenvalue weighted by molar-refractivity contribution is 0.0948. The summed E-state index contributed by atoms with van der Waals surface area (Å²) in [5.41, 5.74) is 9.24. The van der Waals surface area contributed by atoms with Gasteiger partial charge in [-0.3, -0.25) is 4.79 Å². The Morgan fingerprint density at radius 1 is 1.26 bits per heavy atom. The van der Waals surface area contributed by atoms with E-state index in [0.29, 0.717) is 18.8 Å². The number of carbonyl (C=O) groups excluding carboxylic acids is 1. The maximum atomic E-state index is 12.3. The minimum absolute atomic E-state index is 0. The highest BCUT2D eigenvalue weighted by atomic mass is 79.9. The van der Waals surface area contributed by atoms with E-state index in [1.54, 1.807) is 0 Å². The first kappa shape index (κ1) is 18.0. The predicted molar refractivity (Wildman–Crippen MR) is 96.5 cm³/mol. The molecule has 1 aromatic carbocycles. The number of halogens is 2. The number of fused-ring (bicyclic) bond motifs is 1. The highest BCUT2D eigenvalue weighted by molar-refractivity contribution is 9.10. The van der Waals surface area contributed by atoms with E-state index < -0.39 is 0 Å². The van der Waals surface area contributed by atoms with E-state index in [2.05, 4.69) is 26.3 Å². The summed E-state index contributed by atoms with van der Waals surface area (Å²) in [5.74, 6) is -0.125. The molecule has 5 nitrogen and oxygen atoms in total. The molecule has 3 N–H and O–H groups in total. The molecule has 0 atom stereocenters. The molecule has 0 saturated heterocycles. The number of rotatable bonds is 4. The average Bonchev–Trinajstić information content (AvgIpc) is 2.93. The van der Waals surface area contributed by atoms with Crippen molar-refractivity contribution in [1.29, 1.82) is 0 Å². The van der Waals surface area contributed by atoms with Gasteiger partial charge in [-0.05, 0) is 49.9 Å². The van der Waals surface area contributed by atoms with Crippen LogP contribution in [0.3, 0.4) is 0 Å². The zero-order valence-corrected chi connectivity index (χ0v) is 15.1. The summed E-state index contributed by atoms with van der Waals surface area (Å²) >= 11 is 3.44. The van der Waals surface area contributed by atoms with E-state index in [1.165, 1.54) is 0 Å². The van der Waals surface area contributed by atoms with Crippen LogP contribution >= 0.6 is 28.3 Å². The van der Waals surface area contributed by atoms with Crippen LogP contribution in [0.1, 0.15) is 34.6 Å². The molecule has 0 unspecified atom stereocenters. The largest absolute Gasteiger partial charge is 0.349 e. The smallest absolute Gasteiger partial charge is 0.272 e. The summed E-state index contributed by atoms with van der Waals surface area (Å²) in [6.45, 7) is 0.903. The second-order valence-electron chi connectivity index (χ2n) is 5.41. The van der Waals surface area contributed by atoms with Gasteiger partial charge in [-0.2, -0.15) is 5.10 Å². The average molecular weight is 400 g/mol. The molecule has 1 aliphatic rings. The van der Waals surface area contributed by atoms with Crippen LogP contribution < -0.4 is 11.1 Å². The van der Waals surface area contributed by atoms with Gasteiger partial charge in [-0.15, -0.1) is 12.4 Å². The van der Waals surface area contributed by atoms with Crippen molar-refractivity contribution in [2.24, 2.45) is 5.73 Å². The molecule has 0 saturated carbocycles. The van der Waals surface area contributed by atoms with Crippen molar-refractivity contribution in [2.45, 2.75) is 25.7 Å². The van der Waals surface area contributed by atoms with Crippen molar-refractivity contribution in [1.82, 2.24) is 15.1 Å². The van der Waals surface area contributed by atoms with Crippen LogP contribution in [0, 0.1) is 0 Å². The summed E-state index contributed by atoms with van der Waals surface area (Å²) in [7, 11) is 0. The van der Waals surface area contributed by atoms with Crippen LogP contribution in [0.4, 0.5) is 0 Å². The summed E-state index contributed by atoms with van der Waals surface area (Å²) in [4.78, 5) is 12.3. The number of hydrogen-bond donors (Lipinski definition) is 2. The normalized spacial score (nSPS) is 13.1. The van der Waals surface area contributed by atoms with Crippen LogP contribution in [-0.4, -0.2) is 28.8 Å². The van der Waals surface area contributed by atoms with Gasteiger partial charge in [0, 0.05) is 28.8 Å². The molecular weight excluding hydrogens is 380 g/mol. The Morgan fingerprint density at radius 3 is 2.65 bits per heavy atom. The molecule has 23 heavy (non-hydrogen) atoms. The van der Waals surface area contributed by atoms with Crippen molar-refractivity contribution < 1.29 is 4.79 Å². The standard InChI is InChI=1S/C16H19BrN4O.ClH/c17-11-5-7-12(8-6-11)21-14-4-2-1-3-13(14)15(20-21)16(22)19-10-9-18;/h5-8H,1-4,9-10,18H2,(H,19,22);1H. The molecule has 1 heterocycles. The van der Waals surface area contributed by atoms with E-state index in [0.717, 1.165) is 47.1 Å². The van der Waals surface area contributed by atoms with Crippen molar-refractivity contribution >= 4 is 34.2 Å². The summed E-state index contributed by atoms with van der Waals surface area (Å²) in [6.07, 6.45) is 4.12. The van der Waals surface area contributed by atoms with Crippen LogP contribution in [-0.2, 0) is 12.8 Å². The maximum absolute atomic E-state index is 12.3. The second kappa shape index (κ2) is 7.95. The fourth-order valence-corrected chi connectivity index (χ4v) is 3.11. The molecule has 1 amide bonds. The number of hydrogen-bond acceptors (Lipinski definition) is 3. The molecule has 0 radical (unpaired) electrons. The molecule has 124 valence electrons. The van der Waals surface area contributed by atoms with Crippen LogP contribution in [0.15, 0.2) is 28.7 Å². The summed E-state index contributed by atoms with van der Waals surface area (Å²) in [6, 6.07) is 7.99. The molecule has 0 aliphatic heterocycles. The lowest BCUT2D eigenvalue weighted by Gasteiger charge is -2.14. The molecule has 0 spiro atoms. The molecule has 0 fully saturated rings. The Kier molecular flexibility index (Phi) is 6.21. The van der Waals surface area contributed by atoms with E-state index >= 15 is 0 Å². The SMILES string of the molecule is Cl.NCCNC(=O)c1nn(-c2ccc(Br)cc2)c2c1CCCC2. The van der Waals surface area contributed by atoms with Crippen LogP contribution in [0.2, 0.25) is 0 Å². The van der Waals surface area contributed by atoms with Crippen molar-refractivity contribution in [2.75, 3.05) is 13.1 Å². The van der Waals surface area contributed by atoms with Gasteiger partial charge in [0.25, 0.3) is 5.91 Å². The van der Waals surface area contributed by atoms with Crippen molar-refractivity contribution in [3.05, 3.63) is 45.7 Å². The number of nitrogens with zero attached hydrogens (tertiary/aromatic N) is 2. The fourth-order valence-electron chi connectivity index (χ4n) is 2.85. The first-order chi connectivity index (χ1) is 10.7. The van der Waals surface area contributed by atoms with Gasteiger partial charge in [0.15, 0.2) is 5.69 Å².